The molecule has 2 N–H and O–H groups in total. The summed E-state index contributed by atoms with van der Waals surface area (Å²) in [6.45, 7) is 1.54. The molecule has 96 valence electrons. The molecule has 0 aliphatic rings. The van der Waals surface area contributed by atoms with Crippen molar-refractivity contribution in [2.24, 2.45) is 0 Å². The summed E-state index contributed by atoms with van der Waals surface area (Å²) in [6.07, 6.45) is -0.713. The Morgan fingerprint density at radius 1 is 1.17 bits per heavy atom. The van der Waals surface area contributed by atoms with Gasteiger partial charge in [-0.25, -0.2) is 13.1 Å². The van der Waals surface area contributed by atoms with Gasteiger partial charge >= 0.3 is 0 Å². The van der Waals surface area contributed by atoms with Gasteiger partial charge in [0.1, 0.15) is 0 Å². The SMILES string of the molecule is C[C@@H](O)CNS(=O)(=O)c1cccc2ccccc12. The summed E-state index contributed by atoms with van der Waals surface area (Å²) in [4.78, 5) is 0.237. The van der Waals surface area contributed by atoms with Crippen LogP contribution < -0.4 is 4.72 Å². The van der Waals surface area contributed by atoms with Gasteiger partial charge in [0.05, 0.1) is 11.0 Å². The molecule has 0 saturated carbocycles. The molecule has 0 amide bonds. The van der Waals surface area contributed by atoms with E-state index in [9.17, 15) is 8.42 Å². The number of rotatable bonds is 4. The van der Waals surface area contributed by atoms with E-state index in [0.717, 1.165) is 5.39 Å². The van der Waals surface area contributed by atoms with Crippen LogP contribution in [0.15, 0.2) is 47.4 Å². The molecule has 0 aromatic heterocycles. The van der Waals surface area contributed by atoms with Gasteiger partial charge in [0.25, 0.3) is 0 Å². The third-order valence-corrected chi connectivity index (χ3v) is 4.09. The first-order chi connectivity index (χ1) is 8.50. The van der Waals surface area contributed by atoms with Crippen LogP contribution in [0.1, 0.15) is 6.92 Å². The predicted molar refractivity (Wildman–Crippen MR) is 70.8 cm³/mol. The zero-order valence-electron chi connectivity index (χ0n) is 10.00. The van der Waals surface area contributed by atoms with Crippen molar-refractivity contribution in [3.63, 3.8) is 0 Å². The van der Waals surface area contributed by atoms with E-state index in [1.807, 2.05) is 18.2 Å². The first-order valence-corrected chi connectivity index (χ1v) is 7.14. The van der Waals surface area contributed by atoms with Crippen molar-refractivity contribution in [1.82, 2.24) is 4.72 Å². The summed E-state index contributed by atoms with van der Waals surface area (Å²) < 4.78 is 26.6. The molecule has 4 nitrogen and oxygen atoms in total. The molecule has 2 aromatic rings. The summed E-state index contributed by atoms with van der Waals surface area (Å²) in [5.74, 6) is 0. The van der Waals surface area contributed by atoms with Gasteiger partial charge in [-0.05, 0) is 18.4 Å². The van der Waals surface area contributed by atoms with E-state index < -0.39 is 16.1 Å². The van der Waals surface area contributed by atoms with E-state index in [4.69, 9.17) is 5.11 Å². The van der Waals surface area contributed by atoms with Gasteiger partial charge in [0, 0.05) is 11.9 Å². The van der Waals surface area contributed by atoms with Crippen molar-refractivity contribution in [1.29, 1.82) is 0 Å². The summed E-state index contributed by atoms with van der Waals surface area (Å²) in [5, 5.41) is 10.7. The Hall–Kier alpha value is -1.43. The first kappa shape index (κ1) is 13.0. The fourth-order valence-corrected chi connectivity index (χ4v) is 3.09. The lowest BCUT2D eigenvalue weighted by Gasteiger charge is -2.10. The number of nitrogens with one attached hydrogen (secondary N) is 1. The zero-order chi connectivity index (χ0) is 13.2. The van der Waals surface area contributed by atoms with Crippen molar-refractivity contribution in [2.45, 2.75) is 17.9 Å². The smallest absolute Gasteiger partial charge is 0.241 e. The Kier molecular flexibility index (Phi) is 3.65. The van der Waals surface area contributed by atoms with Crippen molar-refractivity contribution in [3.05, 3.63) is 42.5 Å². The molecule has 2 aromatic carbocycles. The van der Waals surface area contributed by atoms with Crippen LogP contribution in [0.5, 0.6) is 0 Å². The molecular weight excluding hydrogens is 250 g/mol. The van der Waals surface area contributed by atoms with Crippen LogP contribution in [0.3, 0.4) is 0 Å². The normalized spacial score (nSPS) is 13.7. The Balaban J connectivity index is 2.47. The second kappa shape index (κ2) is 5.06. The number of sulfonamides is 1. The molecule has 0 spiro atoms. The average Bonchev–Trinajstić information content (AvgIpc) is 2.36. The minimum absolute atomic E-state index is 0.00551. The maximum absolute atomic E-state index is 12.1. The highest BCUT2D eigenvalue weighted by molar-refractivity contribution is 7.89. The molecule has 0 bridgehead atoms. The van der Waals surface area contributed by atoms with E-state index >= 15 is 0 Å². The Bertz CT molecular complexity index is 645. The van der Waals surface area contributed by atoms with Gasteiger partial charge in [-0.15, -0.1) is 0 Å². The van der Waals surface area contributed by atoms with E-state index in [2.05, 4.69) is 4.72 Å². The number of benzene rings is 2. The molecule has 2 rings (SSSR count). The first-order valence-electron chi connectivity index (χ1n) is 5.66. The molecule has 0 heterocycles. The molecule has 1 atom stereocenters. The Labute approximate surface area is 106 Å². The van der Waals surface area contributed by atoms with Crippen LogP contribution in [-0.4, -0.2) is 26.2 Å². The predicted octanol–water partition coefficient (Wildman–Crippen LogP) is 1.50. The van der Waals surface area contributed by atoms with Crippen LogP contribution in [0.2, 0.25) is 0 Å². The lowest BCUT2D eigenvalue weighted by atomic mass is 10.1. The summed E-state index contributed by atoms with van der Waals surface area (Å²) >= 11 is 0. The molecule has 0 aliphatic carbocycles. The highest BCUT2D eigenvalue weighted by Crippen LogP contribution is 2.22. The molecule has 0 fully saturated rings. The van der Waals surface area contributed by atoms with Crippen molar-refractivity contribution >= 4 is 20.8 Å². The second-order valence-electron chi connectivity index (χ2n) is 4.18. The van der Waals surface area contributed by atoms with Crippen molar-refractivity contribution in [3.8, 4) is 0 Å². The fourth-order valence-electron chi connectivity index (χ4n) is 1.74. The number of aliphatic hydroxyl groups is 1. The molecule has 0 radical (unpaired) electrons. The molecular formula is C13H15NO3S. The number of fused-ring (bicyclic) bond motifs is 1. The van der Waals surface area contributed by atoms with Gasteiger partial charge in [-0.3, -0.25) is 0 Å². The molecule has 18 heavy (non-hydrogen) atoms. The van der Waals surface area contributed by atoms with Gasteiger partial charge in [0.2, 0.25) is 10.0 Å². The average molecular weight is 265 g/mol. The monoisotopic (exact) mass is 265 g/mol. The molecule has 0 saturated heterocycles. The minimum Gasteiger partial charge on any atom is -0.392 e. The van der Waals surface area contributed by atoms with Crippen LogP contribution in [0.25, 0.3) is 10.8 Å². The summed E-state index contributed by atoms with van der Waals surface area (Å²) in [5.41, 5.74) is 0. The third kappa shape index (κ3) is 2.69. The van der Waals surface area contributed by atoms with Crippen LogP contribution in [0, 0.1) is 0 Å². The highest BCUT2D eigenvalue weighted by atomic mass is 32.2. The van der Waals surface area contributed by atoms with Crippen LogP contribution in [0.4, 0.5) is 0 Å². The van der Waals surface area contributed by atoms with Gasteiger partial charge in [0.15, 0.2) is 0 Å². The van der Waals surface area contributed by atoms with Crippen LogP contribution >= 0.6 is 0 Å². The van der Waals surface area contributed by atoms with Gasteiger partial charge < -0.3 is 5.11 Å². The topological polar surface area (TPSA) is 66.4 Å². The minimum atomic E-state index is -3.59. The molecule has 0 unspecified atom stereocenters. The fraction of sp³-hybridized carbons (Fsp3) is 0.231. The lowest BCUT2D eigenvalue weighted by Crippen LogP contribution is -2.30. The standard InChI is InChI=1S/C13H15NO3S/c1-10(15)9-14-18(16,17)13-8-4-6-11-5-2-3-7-12(11)13/h2-8,10,14-15H,9H2,1H3/t10-/m1/s1. The molecule has 5 heteroatoms. The summed E-state index contributed by atoms with van der Waals surface area (Å²) in [7, 11) is -3.59. The van der Waals surface area contributed by atoms with Crippen molar-refractivity contribution in [2.75, 3.05) is 6.54 Å². The van der Waals surface area contributed by atoms with E-state index in [1.165, 1.54) is 6.92 Å². The zero-order valence-corrected chi connectivity index (χ0v) is 10.8. The van der Waals surface area contributed by atoms with Gasteiger partial charge in [-0.1, -0.05) is 36.4 Å². The van der Waals surface area contributed by atoms with Gasteiger partial charge in [-0.2, -0.15) is 0 Å². The highest BCUT2D eigenvalue weighted by Gasteiger charge is 2.17. The largest absolute Gasteiger partial charge is 0.392 e. The molecule has 0 aliphatic heterocycles. The number of hydrogen-bond donors (Lipinski definition) is 2. The quantitative estimate of drug-likeness (QED) is 0.880. The van der Waals surface area contributed by atoms with E-state index in [1.54, 1.807) is 24.3 Å². The van der Waals surface area contributed by atoms with Crippen LogP contribution in [-0.2, 0) is 10.0 Å². The van der Waals surface area contributed by atoms with Crippen molar-refractivity contribution < 1.29 is 13.5 Å². The number of hydrogen-bond acceptors (Lipinski definition) is 3. The maximum Gasteiger partial charge on any atom is 0.241 e. The Morgan fingerprint density at radius 2 is 1.83 bits per heavy atom. The number of aliphatic hydroxyl groups excluding tert-OH is 1. The maximum atomic E-state index is 12.1. The lowest BCUT2D eigenvalue weighted by molar-refractivity contribution is 0.198. The summed E-state index contributed by atoms with van der Waals surface area (Å²) in [6, 6.07) is 12.4. The Morgan fingerprint density at radius 3 is 2.56 bits per heavy atom. The third-order valence-electron chi connectivity index (χ3n) is 2.61. The second-order valence-corrected chi connectivity index (χ2v) is 5.91. The van der Waals surface area contributed by atoms with E-state index in [-0.39, 0.29) is 11.4 Å². The van der Waals surface area contributed by atoms with E-state index in [0.29, 0.717) is 5.39 Å².